The lowest BCUT2D eigenvalue weighted by atomic mass is 9.62. The number of piperidine rings is 1. The van der Waals surface area contributed by atoms with Gasteiger partial charge in [-0.15, -0.1) is 0 Å². The van der Waals surface area contributed by atoms with Crippen LogP contribution in [0.15, 0.2) is 22.9 Å². The summed E-state index contributed by atoms with van der Waals surface area (Å²) < 4.78 is 7.32. The van der Waals surface area contributed by atoms with Crippen molar-refractivity contribution in [2.75, 3.05) is 26.7 Å². The Labute approximate surface area is 141 Å². The fraction of sp³-hybridized carbons (Fsp3) is 0.722. The lowest BCUT2D eigenvalue weighted by Crippen LogP contribution is -2.59. The highest BCUT2D eigenvalue weighted by Crippen LogP contribution is 2.52. The van der Waals surface area contributed by atoms with Crippen LogP contribution in [-0.2, 0) is 10.3 Å². The summed E-state index contributed by atoms with van der Waals surface area (Å²) in [7, 11) is 1.91. The fourth-order valence-electron chi connectivity index (χ4n) is 4.89. The molecule has 0 N–H and O–H groups in total. The molecule has 3 aliphatic rings. The number of hydrogen-bond donors (Lipinski definition) is 0. The molecule has 0 radical (unpaired) electrons. The van der Waals surface area contributed by atoms with Crippen molar-refractivity contribution >= 4 is 15.9 Å². The van der Waals surface area contributed by atoms with Crippen molar-refractivity contribution < 1.29 is 4.74 Å². The van der Waals surface area contributed by atoms with Gasteiger partial charge in [-0.05, 0) is 53.6 Å². The van der Waals surface area contributed by atoms with Gasteiger partial charge in [0.15, 0.2) is 0 Å². The molecular formula is C18H25BrN2O. The minimum atomic E-state index is -0.130. The number of fused-ring (bicyclic) bond motifs is 2. The number of aromatic nitrogens is 1. The van der Waals surface area contributed by atoms with Crippen molar-refractivity contribution in [3.8, 4) is 0 Å². The molecule has 1 aliphatic heterocycles. The SMILES string of the molecule is CO[C@@]1(c2cncc(Br)c2)[C@@H]2CCC[C@H]1CN(CC1CC1)C2. The Morgan fingerprint density at radius 1 is 1.23 bits per heavy atom. The summed E-state index contributed by atoms with van der Waals surface area (Å²) in [5.74, 6) is 2.17. The van der Waals surface area contributed by atoms with Crippen molar-refractivity contribution in [3.05, 3.63) is 28.5 Å². The van der Waals surface area contributed by atoms with Gasteiger partial charge < -0.3 is 9.64 Å². The van der Waals surface area contributed by atoms with Crippen LogP contribution in [0.5, 0.6) is 0 Å². The Balaban J connectivity index is 1.66. The molecule has 3 fully saturated rings. The van der Waals surface area contributed by atoms with Crippen LogP contribution in [0.4, 0.5) is 0 Å². The van der Waals surface area contributed by atoms with E-state index < -0.39 is 0 Å². The second-order valence-corrected chi connectivity index (χ2v) is 8.29. The predicted octanol–water partition coefficient (Wildman–Crippen LogP) is 3.83. The third kappa shape index (κ3) is 2.53. The highest BCUT2D eigenvalue weighted by molar-refractivity contribution is 9.10. The van der Waals surface area contributed by atoms with Gasteiger partial charge in [0, 0.05) is 61.0 Å². The van der Waals surface area contributed by atoms with Crippen LogP contribution in [0, 0.1) is 17.8 Å². The Kier molecular flexibility index (Phi) is 4.04. The first-order valence-corrected chi connectivity index (χ1v) is 9.40. The Morgan fingerprint density at radius 3 is 2.55 bits per heavy atom. The third-order valence-corrected chi connectivity index (χ3v) is 6.42. The number of hydrogen-bond acceptors (Lipinski definition) is 3. The van der Waals surface area contributed by atoms with E-state index in [1.165, 1.54) is 57.3 Å². The van der Waals surface area contributed by atoms with Crippen molar-refractivity contribution in [1.29, 1.82) is 0 Å². The maximum atomic E-state index is 6.27. The van der Waals surface area contributed by atoms with Crippen LogP contribution in [0.3, 0.4) is 0 Å². The summed E-state index contributed by atoms with van der Waals surface area (Å²) in [4.78, 5) is 7.13. The Hall–Kier alpha value is -0.450. The zero-order valence-corrected chi connectivity index (χ0v) is 14.9. The van der Waals surface area contributed by atoms with Gasteiger partial charge in [0.1, 0.15) is 5.60 Å². The topological polar surface area (TPSA) is 25.4 Å². The predicted molar refractivity (Wildman–Crippen MR) is 90.6 cm³/mol. The quantitative estimate of drug-likeness (QED) is 0.811. The van der Waals surface area contributed by atoms with Gasteiger partial charge in [0.05, 0.1) is 0 Å². The summed E-state index contributed by atoms with van der Waals surface area (Å²) in [5.41, 5.74) is 1.14. The minimum absolute atomic E-state index is 0.130. The monoisotopic (exact) mass is 364 g/mol. The molecule has 2 saturated carbocycles. The van der Waals surface area contributed by atoms with Crippen LogP contribution < -0.4 is 0 Å². The number of likely N-dealkylation sites (tertiary alicyclic amines) is 1. The van der Waals surface area contributed by atoms with Gasteiger partial charge >= 0.3 is 0 Å². The van der Waals surface area contributed by atoms with E-state index >= 15 is 0 Å². The minimum Gasteiger partial charge on any atom is -0.373 e. The summed E-state index contributed by atoms with van der Waals surface area (Å²) in [6.07, 6.45) is 10.7. The molecule has 1 aromatic rings. The molecule has 1 saturated heterocycles. The Morgan fingerprint density at radius 2 is 1.95 bits per heavy atom. The molecule has 0 aromatic carbocycles. The molecule has 4 heteroatoms. The molecule has 0 amide bonds. The van der Waals surface area contributed by atoms with Crippen LogP contribution in [0.25, 0.3) is 0 Å². The van der Waals surface area contributed by atoms with Crippen molar-refractivity contribution in [2.45, 2.75) is 37.7 Å². The van der Waals surface area contributed by atoms with Crippen LogP contribution in [-0.4, -0.2) is 36.6 Å². The lowest BCUT2D eigenvalue weighted by Gasteiger charge is -2.55. The molecule has 0 unspecified atom stereocenters. The standard InChI is InChI=1S/C18H25BrN2O/c1-22-18(16-7-17(19)9-20-8-16)14-3-2-4-15(18)12-21(11-14)10-13-5-6-13/h7-9,13-15H,2-6,10-12H2,1H3/t14-,15+,18+. The van der Waals surface area contributed by atoms with E-state index in [0.717, 1.165) is 10.4 Å². The summed E-state index contributed by atoms with van der Waals surface area (Å²) in [6.45, 7) is 3.68. The molecule has 22 heavy (non-hydrogen) atoms. The second-order valence-electron chi connectivity index (χ2n) is 7.38. The lowest BCUT2D eigenvalue weighted by molar-refractivity contribution is -0.169. The highest BCUT2D eigenvalue weighted by atomic mass is 79.9. The number of nitrogens with zero attached hydrogens (tertiary/aromatic N) is 2. The third-order valence-electron chi connectivity index (χ3n) is 5.98. The van der Waals surface area contributed by atoms with E-state index in [4.69, 9.17) is 4.74 Å². The normalized spacial score (nSPS) is 35.5. The van der Waals surface area contributed by atoms with E-state index in [2.05, 4.69) is 31.9 Å². The number of methoxy groups -OCH3 is 1. The number of ether oxygens (including phenoxy) is 1. The molecule has 2 heterocycles. The van der Waals surface area contributed by atoms with E-state index in [1.807, 2.05) is 19.5 Å². The maximum Gasteiger partial charge on any atom is 0.102 e. The highest BCUT2D eigenvalue weighted by Gasteiger charge is 2.53. The number of halogens is 1. The molecule has 3 atom stereocenters. The zero-order chi connectivity index (χ0) is 15.2. The summed E-state index contributed by atoms with van der Waals surface area (Å²) in [5, 5.41) is 0. The maximum absolute atomic E-state index is 6.27. The zero-order valence-electron chi connectivity index (χ0n) is 13.3. The van der Waals surface area contributed by atoms with Gasteiger partial charge in [-0.3, -0.25) is 4.98 Å². The van der Waals surface area contributed by atoms with Crippen LogP contribution in [0.1, 0.15) is 37.7 Å². The molecule has 4 rings (SSSR count). The van der Waals surface area contributed by atoms with E-state index in [1.54, 1.807) is 0 Å². The largest absolute Gasteiger partial charge is 0.373 e. The van der Waals surface area contributed by atoms with Gasteiger partial charge in [-0.25, -0.2) is 0 Å². The first-order chi connectivity index (χ1) is 10.7. The van der Waals surface area contributed by atoms with Crippen molar-refractivity contribution in [1.82, 2.24) is 9.88 Å². The molecule has 2 aliphatic carbocycles. The van der Waals surface area contributed by atoms with Crippen LogP contribution >= 0.6 is 15.9 Å². The first kappa shape index (κ1) is 15.1. The van der Waals surface area contributed by atoms with Crippen molar-refractivity contribution in [3.63, 3.8) is 0 Å². The average Bonchev–Trinajstić information content (AvgIpc) is 3.30. The second kappa shape index (κ2) is 5.88. The van der Waals surface area contributed by atoms with E-state index in [-0.39, 0.29) is 5.60 Å². The van der Waals surface area contributed by atoms with E-state index in [0.29, 0.717) is 11.8 Å². The molecule has 0 spiro atoms. The molecule has 2 bridgehead atoms. The van der Waals surface area contributed by atoms with E-state index in [9.17, 15) is 0 Å². The van der Waals surface area contributed by atoms with Crippen molar-refractivity contribution in [2.24, 2.45) is 17.8 Å². The number of rotatable bonds is 4. The smallest absolute Gasteiger partial charge is 0.102 e. The molecule has 120 valence electrons. The molecule has 3 nitrogen and oxygen atoms in total. The summed E-state index contributed by atoms with van der Waals surface area (Å²) in [6, 6.07) is 2.22. The number of pyridine rings is 1. The van der Waals surface area contributed by atoms with Gasteiger partial charge in [-0.2, -0.15) is 0 Å². The first-order valence-electron chi connectivity index (χ1n) is 8.61. The molecular weight excluding hydrogens is 340 g/mol. The van der Waals surface area contributed by atoms with Gasteiger partial charge in [0.2, 0.25) is 0 Å². The average molecular weight is 365 g/mol. The fourth-order valence-corrected chi connectivity index (χ4v) is 5.25. The Bertz CT molecular complexity index is 532. The van der Waals surface area contributed by atoms with Gasteiger partial charge in [0.25, 0.3) is 0 Å². The van der Waals surface area contributed by atoms with Gasteiger partial charge in [-0.1, -0.05) is 6.42 Å². The summed E-state index contributed by atoms with van der Waals surface area (Å²) >= 11 is 3.59. The van der Waals surface area contributed by atoms with Crippen LogP contribution in [0.2, 0.25) is 0 Å². The molecule has 1 aromatic heterocycles.